The number of pyridine rings is 1. The third-order valence-corrected chi connectivity index (χ3v) is 7.87. The van der Waals surface area contributed by atoms with E-state index in [2.05, 4.69) is 29.8 Å². The Morgan fingerprint density at radius 2 is 1.91 bits per heavy atom. The number of hydrogen-bond donors (Lipinski definition) is 0. The molecule has 2 atom stereocenters. The molecule has 0 radical (unpaired) electrons. The molecule has 0 aromatic carbocycles. The van der Waals surface area contributed by atoms with Gasteiger partial charge in [0.1, 0.15) is 11.3 Å². The summed E-state index contributed by atoms with van der Waals surface area (Å²) in [5.41, 5.74) is 6.02. The summed E-state index contributed by atoms with van der Waals surface area (Å²) in [6, 6.07) is 9.13. The summed E-state index contributed by atoms with van der Waals surface area (Å²) in [7, 11) is 0. The van der Waals surface area contributed by atoms with Crippen molar-refractivity contribution in [2.24, 2.45) is 0 Å². The summed E-state index contributed by atoms with van der Waals surface area (Å²) in [5.74, 6) is 0.490. The number of nitrogens with zero attached hydrogens (tertiary/aromatic N) is 6. The van der Waals surface area contributed by atoms with Crippen molar-refractivity contribution < 1.29 is 0 Å². The number of aryl methyl sites for hydroxylation is 2. The number of fused-ring (bicyclic) bond motifs is 2. The van der Waals surface area contributed by atoms with Crippen LogP contribution < -0.4 is 5.56 Å². The molecule has 4 aromatic rings. The van der Waals surface area contributed by atoms with E-state index in [1.807, 2.05) is 36.0 Å². The highest BCUT2D eigenvalue weighted by Crippen LogP contribution is 2.36. The molecule has 1 aliphatic carbocycles. The van der Waals surface area contributed by atoms with Gasteiger partial charge in [-0.2, -0.15) is 5.10 Å². The molecule has 1 saturated heterocycles. The first-order valence-electron chi connectivity index (χ1n) is 12.7. The zero-order valence-electron chi connectivity index (χ0n) is 20.2. The molecule has 1 saturated carbocycles. The summed E-state index contributed by atoms with van der Waals surface area (Å²) in [6.07, 6.45) is 11.1. The van der Waals surface area contributed by atoms with E-state index in [1.165, 1.54) is 24.8 Å². The average Bonchev–Trinajstić information content (AvgIpc) is 3.22. The van der Waals surface area contributed by atoms with Crippen LogP contribution in [0.3, 0.4) is 0 Å². The molecular formula is C27H32N6O. The lowest BCUT2D eigenvalue weighted by molar-refractivity contribution is 0.0527. The van der Waals surface area contributed by atoms with E-state index in [9.17, 15) is 4.79 Å². The van der Waals surface area contributed by atoms with Gasteiger partial charge in [-0.1, -0.05) is 19.4 Å². The van der Waals surface area contributed by atoms with Gasteiger partial charge in [-0.25, -0.2) is 9.50 Å². The second-order valence-corrected chi connectivity index (χ2v) is 10.1. The molecule has 1 unspecified atom stereocenters. The van der Waals surface area contributed by atoms with Crippen LogP contribution in [0.25, 0.3) is 22.6 Å². The highest BCUT2D eigenvalue weighted by Gasteiger charge is 2.33. The zero-order valence-corrected chi connectivity index (χ0v) is 20.2. The van der Waals surface area contributed by atoms with Crippen molar-refractivity contribution in [2.45, 2.75) is 77.3 Å². The van der Waals surface area contributed by atoms with E-state index < -0.39 is 0 Å². The predicted molar refractivity (Wildman–Crippen MR) is 133 cm³/mol. The summed E-state index contributed by atoms with van der Waals surface area (Å²) in [5, 5.41) is 4.69. The maximum Gasteiger partial charge on any atom is 0.258 e. The third-order valence-electron chi connectivity index (χ3n) is 7.87. The lowest BCUT2D eigenvalue weighted by atomic mass is 9.82. The Balaban J connectivity index is 1.31. The highest BCUT2D eigenvalue weighted by molar-refractivity contribution is 5.66. The van der Waals surface area contributed by atoms with Crippen LogP contribution >= 0.6 is 0 Å². The fourth-order valence-electron chi connectivity index (χ4n) is 5.82. The van der Waals surface area contributed by atoms with Crippen molar-refractivity contribution in [1.29, 1.82) is 0 Å². The molecular weight excluding hydrogens is 424 g/mol. The van der Waals surface area contributed by atoms with Gasteiger partial charge in [-0.05, 0) is 76.1 Å². The van der Waals surface area contributed by atoms with E-state index in [1.54, 1.807) is 10.5 Å². The van der Waals surface area contributed by atoms with E-state index in [0.717, 1.165) is 48.8 Å². The van der Waals surface area contributed by atoms with Gasteiger partial charge in [0.15, 0.2) is 0 Å². The number of rotatable bonds is 4. The Hall–Kier alpha value is -3.06. The minimum absolute atomic E-state index is 0.0659. The molecule has 0 amide bonds. The van der Waals surface area contributed by atoms with Crippen LogP contribution in [0.2, 0.25) is 0 Å². The molecule has 4 aromatic heterocycles. The van der Waals surface area contributed by atoms with Gasteiger partial charge in [-0.3, -0.25) is 19.1 Å². The Morgan fingerprint density at radius 3 is 2.65 bits per heavy atom. The van der Waals surface area contributed by atoms with Crippen LogP contribution in [0.5, 0.6) is 0 Å². The maximum atomic E-state index is 13.1. The molecule has 1 aliphatic heterocycles. The second kappa shape index (κ2) is 8.31. The first kappa shape index (κ1) is 21.5. The highest BCUT2D eigenvalue weighted by atomic mass is 16.1. The van der Waals surface area contributed by atoms with E-state index in [-0.39, 0.29) is 5.56 Å². The van der Waals surface area contributed by atoms with Gasteiger partial charge in [0.2, 0.25) is 0 Å². The molecule has 0 bridgehead atoms. The Morgan fingerprint density at radius 1 is 1.06 bits per heavy atom. The lowest BCUT2D eigenvalue weighted by Crippen LogP contribution is -2.49. The molecule has 6 rings (SSSR count). The molecule has 7 nitrogen and oxygen atoms in total. The molecule has 0 N–H and O–H groups in total. The fourth-order valence-corrected chi connectivity index (χ4v) is 5.82. The monoisotopic (exact) mass is 456 g/mol. The molecule has 5 heterocycles. The molecule has 176 valence electrons. The molecule has 2 aliphatic rings. The van der Waals surface area contributed by atoms with Crippen molar-refractivity contribution in [2.75, 3.05) is 6.54 Å². The summed E-state index contributed by atoms with van der Waals surface area (Å²) < 4.78 is 3.54. The van der Waals surface area contributed by atoms with E-state index in [4.69, 9.17) is 10.1 Å². The van der Waals surface area contributed by atoms with Crippen LogP contribution in [0, 0.1) is 6.92 Å². The first-order valence-corrected chi connectivity index (χ1v) is 12.7. The molecule has 0 spiro atoms. The smallest absolute Gasteiger partial charge is 0.258 e. The fraction of sp³-hybridized carbons (Fsp3) is 0.481. The van der Waals surface area contributed by atoms with Crippen molar-refractivity contribution in [3.05, 3.63) is 64.0 Å². The largest absolute Gasteiger partial charge is 0.298 e. The molecule has 2 fully saturated rings. The number of likely N-dealkylation sites (tertiary alicyclic amines) is 1. The number of piperidine rings is 1. The SMILES string of the molecule is CCc1nc(C)cn2nc(-c3cc(=O)n4cc(C5CCN(C6CCC6)[C@H](C)C5)ccc4n3)cc12. The Labute approximate surface area is 199 Å². The van der Waals surface area contributed by atoms with Crippen LogP contribution in [-0.4, -0.2) is 47.5 Å². The van der Waals surface area contributed by atoms with E-state index in [0.29, 0.717) is 29.0 Å². The normalized spacial score (nSPS) is 21.9. The molecule has 7 heteroatoms. The summed E-state index contributed by atoms with van der Waals surface area (Å²) in [4.78, 5) is 25.2. The van der Waals surface area contributed by atoms with Crippen molar-refractivity contribution in [3.63, 3.8) is 0 Å². The minimum atomic E-state index is -0.0659. The van der Waals surface area contributed by atoms with Gasteiger partial charge in [0.05, 0.1) is 28.8 Å². The average molecular weight is 457 g/mol. The van der Waals surface area contributed by atoms with Gasteiger partial charge in [-0.15, -0.1) is 0 Å². The predicted octanol–water partition coefficient (Wildman–Crippen LogP) is 4.40. The van der Waals surface area contributed by atoms with E-state index >= 15 is 0 Å². The van der Waals surface area contributed by atoms with Crippen LogP contribution in [0.15, 0.2) is 41.5 Å². The lowest BCUT2D eigenvalue weighted by Gasteiger charge is -2.46. The van der Waals surface area contributed by atoms with Gasteiger partial charge < -0.3 is 0 Å². The first-order chi connectivity index (χ1) is 16.5. The van der Waals surface area contributed by atoms with Crippen molar-refractivity contribution in [1.82, 2.24) is 28.9 Å². The zero-order chi connectivity index (χ0) is 23.4. The maximum absolute atomic E-state index is 13.1. The van der Waals surface area contributed by atoms with Crippen molar-refractivity contribution in [3.8, 4) is 11.4 Å². The van der Waals surface area contributed by atoms with Crippen LogP contribution in [-0.2, 0) is 6.42 Å². The van der Waals surface area contributed by atoms with Crippen LogP contribution in [0.1, 0.15) is 68.8 Å². The van der Waals surface area contributed by atoms with Gasteiger partial charge in [0, 0.05) is 24.3 Å². The topological polar surface area (TPSA) is 67.8 Å². The summed E-state index contributed by atoms with van der Waals surface area (Å²) in [6.45, 7) is 7.57. The van der Waals surface area contributed by atoms with Crippen molar-refractivity contribution >= 4 is 11.2 Å². The number of hydrogen-bond acceptors (Lipinski definition) is 5. The van der Waals surface area contributed by atoms with Gasteiger partial charge >= 0.3 is 0 Å². The summed E-state index contributed by atoms with van der Waals surface area (Å²) >= 11 is 0. The Kier molecular flexibility index (Phi) is 5.25. The number of aromatic nitrogens is 5. The van der Waals surface area contributed by atoms with Crippen LogP contribution in [0.4, 0.5) is 0 Å². The molecule has 34 heavy (non-hydrogen) atoms. The quantitative estimate of drug-likeness (QED) is 0.455. The van der Waals surface area contributed by atoms with Gasteiger partial charge in [0.25, 0.3) is 5.56 Å². The minimum Gasteiger partial charge on any atom is -0.298 e. The standard InChI is InChI=1S/C27H32N6O/c1-4-22-25-13-24(30-33(25)15-17(2)28-22)23-14-27(34)32-16-20(8-9-26(32)29-23)19-10-11-31(18(3)12-19)21-6-5-7-21/h8-9,13-16,18-19,21H,4-7,10-12H2,1-3H3/t18-,19?/m1/s1. The second-order valence-electron chi connectivity index (χ2n) is 10.1. The third kappa shape index (κ3) is 3.63. The Bertz CT molecular complexity index is 1430.